The summed E-state index contributed by atoms with van der Waals surface area (Å²) in [6.45, 7) is 3.30. The van der Waals surface area contributed by atoms with E-state index in [1.807, 2.05) is 13.8 Å². The molecule has 41 heavy (non-hydrogen) atoms. The van der Waals surface area contributed by atoms with Crippen LogP contribution in [0.15, 0.2) is 24.7 Å². The van der Waals surface area contributed by atoms with E-state index in [-0.39, 0.29) is 56.3 Å². The van der Waals surface area contributed by atoms with Crippen molar-refractivity contribution in [3.05, 3.63) is 41.7 Å². The maximum atomic E-state index is 14.0. The maximum Gasteiger partial charge on any atom is 0.393 e. The van der Waals surface area contributed by atoms with Gasteiger partial charge in [-0.05, 0) is 45.1 Å². The number of alkyl halides is 5. The number of carbonyl (C=O) groups excluding carboxylic acids is 2. The molecule has 222 valence electrons. The molecule has 1 saturated carbocycles. The average Bonchev–Trinajstić information content (AvgIpc) is 3.55. The van der Waals surface area contributed by atoms with E-state index < -0.39 is 48.3 Å². The Morgan fingerprint density at radius 3 is 2.66 bits per heavy atom. The highest BCUT2D eigenvalue weighted by Gasteiger charge is 2.45. The topological polar surface area (TPSA) is 119 Å². The van der Waals surface area contributed by atoms with Crippen LogP contribution < -0.4 is 10.6 Å². The highest BCUT2D eigenvalue weighted by molar-refractivity contribution is 5.92. The minimum atomic E-state index is -4.42. The van der Waals surface area contributed by atoms with Gasteiger partial charge in [0.15, 0.2) is 0 Å². The van der Waals surface area contributed by atoms with Crippen LogP contribution in [0.1, 0.15) is 79.9 Å². The van der Waals surface area contributed by atoms with Crippen molar-refractivity contribution < 1.29 is 31.5 Å². The predicted molar refractivity (Wildman–Crippen MR) is 135 cm³/mol. The molecule has 1 aliphatic carbocycles. The fourth-order valence-corrected chi connectivity index (χ4v) is 5.61. The highest BCUT2D eigenvalue weighted by atomic mass is 19.4. The number of halogens is 5. The van der Waals surface area contributed by atoms with Crippen molar-refractivity contribution in [2.75, 3.05) is 6.54 Å². The van der Waals surface area contributed by atoms with E-state index in [1.54, 1.807) is 10.7 Å². The Bertz CT molecular complexity index is 1410. The first-order chi connectivity index (χ1) is 19.3. The molecular weight excluding hydrogens is 551 g/mol. The lowest BCUT2D eigenvalue weighted by atomic mass is 9.81. The normalized spacial score (nSPS) is 22.6. The number of hydrogen-bond acceptors (Lipinski definition) is 6. The summed E-state index contributed by atoms with van der Waals surface area (Å²) in [7, 11) is 0. The van der Waals surface area contributed by atoms with Crippen molar-refractivity contribution in [1.29, 1.82) is 0 Å². The molecule has 2 aliphatic rings. The summed E-state index contributed by atoms with van der Waals surface area (Å²) in [6, 6.07) is 0.764. The predicted octanol–water partition coefficient (Wildman–Crippen LogP) is 4.06. The molecule has 1 saturated heterocycles. The van der Waals surface area contributed by atoms with Gasteiger partial charge >= 0.3 is 6.18 Å². The minimum absolute atomic E-state index is 0.0497. The van der Waals surface area contributed by atoms with E-state index >= 15 is 0 Å². The molecule has 1 unspecified atom stereocenters. The van der Waals surface area contributed by atoms with Gasteiger partial charge in [0.05, 0.1) is 35.7 Å². The number of carbonyl (C=O) groups is 2. The zero-order chi connectivity index (χ0) is 29.5. The van der Waals surface area contributed by atoms with Gasteiger partial charge in [-0.2, -0.15) is 23.4 Å². The van der Waals surface area contributed by atoms with Gasteiger partial charge in [-0.3, -0.25) is 14.3 Å². The van der Waals surface area contributed by atoms with Crippen LogP contribution >= 0.6 is 0 Å². The van der Waals surface area contributed by atoms with Crippen molar-refractivity contribution >= 4 is 17.6 Å². The van der Waals surface area contributed by atoms with Gasteiger partial charge in [0.2, 0.25) is 11.8 Å². The van der Waals surface area contributed by atoms with E-state index in [1.165, 1.54) is 23.1 Å². The van der Waals surface area contributed by atoms with Gasteiger partial charge in [-0.25, -0.2) is 23.3 Å². The Labute approximate surface area is 232 Å². The zero-order valence-corrected chi connectivity index (χ0v) is 22.5. The van der Waals surface area contributed by atoms with E-state index in [0.29, 0.717) is 17.1 Å². The summed E-state index contributed by atoms with van der Waals surface area (Å²) in [5, 5.41) is 13.9. The molecule has 15 heteroatoms. The second-order valence-corrected chi connectivity index (χ2v) is 11.2. The lowest BCUT2D eigenvalue weighted by molar-refractivity contribution is -0.183. The van der Waals surface area contributed by atoms with Crippen LogP contribution in [0, 0.1) is 17.8 Å². The van der Waals surface area contributed by atoms with Crippen molar-refractivity contribution in [1.82, 2.24) is 40.0 Å². The summed E-state index contributed by atoms with van der Waals surface area (Å²) < 4.78 is 70.5. The smallest absolute Gasteiger partial charge is 0.355 e. The number of nitrogens with zero attached hydrogens (tertiary/aromatic N) is 6. The Morgan fingerprint density at radius 2 is 1.98 bits per heavy atom. The monoisotopic (exact) mass is 582 g/mol. The summed E-state index contributed by atoms with van der Waals surface area (Å²) in [4.78, 5) is 34.3. The minimum Gasteiger partial charge on any atom is -0.355 e. The molecule has 1 aliphatic heterocycles. The van der Waals surface area contributed by atoms with Crippen LogP contribution in [-0.2, 0) is 11.2 Å². The Balaban J connectivity index is 1.40. The largest absolute Gasteiger partial charge is 0.393 e. The fourth-order valence-electron chi connectivity index (χ4n) is 5.61. The molecule has 5 rings (SSSR count). The van der Waals surface area contributed by atoms with Crippen LogP contribution in [0.2, 0.25) is 0 Å². The van der Waals surface area contributed by atoms with E-state index in [4.69, 9.17) is 0 Å². The third-order valence-electron chi connectivity index (χ3n) is 7.87. The molecule has 3 aromatic heterocycles. The number of hydrogen-bond donors (Lipinski definition) is 2. The van der Waals surface area contributed by atoms with Gasteiger partial charge in [0, 0.05) is 44.0 Å². The first-order valence-corrected chi connectivity index (χ1v) is 13.6. The molecule has 3 aromatic rings. The number of imidazole rings is 1. The van der Waals surface area contributed by atoms with Crippen LogP contribution in [-0.4, -0.2) is 59.8 Å². The summed E-state index contributed by atoms with van der Waals surface area (Å²) in [5.74, 6) is -6.40. The molecular formula is C26H31F5N8O2. The fraction of sp³-hybridized carbons (Fsp3) is 0.615. The quantitative estimate of drug-likeness (QED) is 0.406. The van der Waals surface area contributed by atoms with Gasteiger partial charge in [-0.15, -0.1) is 0 Å². The molecule has 2 fully saturated rings. The summed E-state index contributed by atoms with van der Waals surface area (Å²) >= 11 is 0. The average molecular weight is 583 g/mol. The van der Waals surface area contributed by atoms with Gasteiger partial charge < -0.3 is 10.6 Å². The molecule has 2 N–H and O–H groups in total. The van der Waals surface area contributed by atoms with E-state index in [0.717, 1.165) is 0 Å². The van der Waals surface area contributed by atoms with E-state index in [2.05, 4.69) is 30.8 Å². The number of amides is 2. The Hall–Kier alpha value is -3.65. The first-order valence-electron chi connectivity index (χ1n) is 13.6. The summed E-state index contributed by atoms with van der Waals surface area (Å²) in [6.07, 6.45) is -0.727. The maximum absolute atomic E-state index is 14.0. The lowest BCUT2D eigenvalue weighted by Gasteiger charge is -2.33. The second kappa shape index (κ2) is 11.0. The molecule has 4 heterocycles. The summed E-state index contributed by atoms with van der Waals surface area (Å²) in [5.41, 5.74) is 0.980. The highest BCUT2D eigenvalue weighted by Crippen LogP contribution is 2.41. The number of aromatic nitrogens is 6. The van der Waals surface area contributed by atoms with Crippen molar-refractivity contribution in [3.63, 3.8) is 0 Å². The SMILES string of the molecule is CC(C)n1nccc1C(=O)N[C@H](c1cn2nc(CC3C[C@H](C(F)(F)F)CNC3=O)cnc2n1)C1CCC(F)(F)CC1. The molecule has 0 spiro atoms. The Morgan fingerprint density at radius 1 is 1.24 bits per heavy atom. The van der Waals surface area contributed by atoms with Crippen LogP contribution in [0.25, 0.3) is 5.78 Å². The van der Waals surface area contributed by atoms with E-state index in [9.17, 15) is 31.5 Å². The van der Waals surface area contributed by atoms with Gasteiger partial charge in [-0.1, -0.05) is 0 Å². The van der Waals surface area contributed by atoms with Crippen molar-refractivity contribution in [3.8, 4) is 0 Å². The molecule has 2 amide bonds. The molecule has 0 bridgehead atoms. The zero-order valence-electron chi connectivity index (χ0n) is 22.5. The van der Waals surface area contributed by atoms with Crippen LogP contribution in [0.4, 0.5) is 22.0 Å². The first kappa shape index (κ1) is 28.9. The van der Waals surface area contributed by atoms with Crippen LogP contribution in [0.3, 0.4) is 0 Å². The molecule has 0 aromatic carbocycles. The molecule has 3 atom stereocenters. The van der Waals surface area contributed by atoms with Crippen molar-refractivity contribution in [2.24, 2.45) is 17.8 Å². The number of fused-ring (bicyclic) bond motifs is 1. The third-order valence-corrected chi connectivity index (χ3v) is 7.87. The molecule has 10 nitrogen and oxygen atoms in total. The number of rotatable bonds is 7. The molecule has 0 radical (unpaired) electrons. The standard InChI is InChI=1S/C26H31F5N8O2/c1-14(2)39-20(5-8-34-39)23(41)36-21(15-3-6-25(27,28)7-4-15)19-13-38-24(35-19)33-12-18(37-38)10-16-9-17(26(29,30)31)11-32-22(16)40/h5,8,12-17,21H,3-4,6-7,9-11H2,1-2H3,(H,32,40)(H,36,41)/t16?,17-,21-/m0/s1. The Kier molecular flexibility index (Phi) is 7.72. The van der Waals surface area contributed by atoms with Crippen molar-refractivity contribution in [2.45, 2.75) is 76.6 Å². The third kappa shape index (κ3) is 6.32. The van der Waals surface area contributed by atoms with Gasteiger partial charge in [0.25, 0.3) is 11.7 Å². The number of nitrogens with one attached hydrogen (secondary N) is 2. The lowest BCUT2D eigenvalue weighted by Crippen LogP contribution is -2.47. The van der Waals surface area contributed by atoms with Gasteiger partial charge in [0.1, 0.15) is 5.69 Å². The second-order valence-electron chi connectivity index (χ2n) is 11.2. The van der Waals surface area contributed by atoms with Crippen LogP contribution in [0.5, 0.6) is 0 Å². The number of piperidine rings is 1.